The van der Waals surface area contributed by atoms with Crippen LogP contribution in [0, 0.1) is 6.92 Å². The van der Waals surface area contributed by atoms with E-state index in [4.69, 9.17) is 18.9 Å². The number of aryl methyl sites for hydroxylation is 1. The second kappa shape index (κ2) is 10.4. The molecule has 0 aromatic heterocycles. The second-order valence-corrected chi connectivity index (χ2v) is 6.96. The topological polar surface area (TPSA) is 40.2 Å². The van der Waals surface area contributed by atoms with Gasteiger partial charge in [0.25, 0.3) is 0 Å². The van der Waals surface area contributed by atoms with Crippen molar-refractivity contribution in [3.63, 3.8) is 0 Å². The van der Waals surface area contributed by atoms with Crippen molar-refractivity contribution in [1.82, 2.24) is 0 Å². The first kappa shape index (κ1) is 22.0. The molecule has 3 aromatic carbocycles. The first-order chi connectivity index (χ1) is 14.6. The van der Waals surface area contributed by atoms with Crippen LogP contribution in [0.2, 0.25) is 0 Å². The van der Waals surface area contributed by atoms with Crippen LogP contribution in [0.15, 0.2) is 72.8 Å². The predicted octanol–water partition coefficient (Wildman–Crippen LogP) is 6.05. The lowest BCUT2D eigenvalue weighted by Crippen LogP contribution is -2.11. The largest absolute Gasteiger partial charge is 0.352 e. The average Bonchev–Trinajstić information content (AvgIpc) is 2.79. The normalized spacial score (nSPS) is 11.3. The predicted molar refractivity (Wildman–Crippen MR) is 119 cm³/mol. The number of nitrogens with zero attached hydrogens (tertiary/aromatic N) is 1. The summed E-state index contributed by atoms with van der Waals surface area (Å²) in [6.45, 7) is 2.09. The Bertz CT molecular complexity index is 844. The molecule has 0 aliphatic rings. The fourth-order valence-corrected chi connectivity index (χ4v) is 3.44. The molecule has 0 aliphatic heterocycles. The van der Waals surface area contributed by atoms with Crippen LogP contribution in [0.1, 0.15) is 29.3 Å². The van der Waals surface area contributed by atoms with Gasteiger partial charge in [0.15, 0.2) is 12.6 Å². The number of benzene rings is 3. The van der Waals surface area contributed by atoms with Crippen molar-refractivity contribution in [3.05, 3.63) is 89.5 Å². The molecule has 0 unspecified atom stereocenters. The van der Waals surface area contributed by atoms with E-state index >= 15 is 0 Å². The third-order valence-electron chi connectivity index (χ3n) is 5.00. The second-order valence-electron chi connectivity index (χ2n) is 6.96. The molecule has 0 fully saturated rings. The van der Waals surface area contributed by atoms with Gasteiger partial charge in [0.1, 0.15) is 0 Å². The summed E-state index contributed by atoms with van der Waals surface area (Å²) >= 11 is 0. The minimum atomic E-state index is -0.383. The SMILES string of the molecule is COC(OC)c1ccc(N(c2ccc(C)cc2)c2ccc(C(OC)OC)cc2)cc1. The number of hydrogen-bond acceptors (Lipinski definition) is 5. The van der Waals surface area contributed by atoms with Gasteiger partial charge in [-0.15, -0.1) is 0 Å². The Hall–Kier alpha value is -2.70. The molecule has 0 bridgehead atoms. The molecular weight excluding hydrogens is 378 g/mol. The van der Waals surface area contributed by atoms with Gasteiger partial charge in [0.05, 0.1) is 0 Å². The van der Waals surface area contributed by atoms with Crippen LogP contribution in [-0.2, 0) is 18.9 Å². The number of methoxy groups -OCH3 is 4. The smallest absolute Gasteiger partial charge is 0.183 e. The number of ether oxygens (including phenoxy) is 4. The fourth-order valence-electron chi connectivity index (χ4n) is 3.44. The van der Waals surface area contributed by atoms with Crippen LogP contribution in [-0.4, -0.2) is 28.4 Å². The third-order valence-corrected chi connectivity index (χ3v) is 5.00. The molecular formula is C25H29NO4. The molecule has 3 aromatic rings. The standard InChI is InChI=1S/C25H29NO4/c1-18-6-12-21(13-7-18)26(22-14-8-19(9-15-22)24(27-2)28-3)23-16-10-20(11-17-23)25(29-4)30-5/h6-17,24-25H,1-5H3. The van der Waals surface area contributed by atoms with Gasteiger partial charge in [-0.3, -0.25) is 0 Å². The molecule has 3 rings (SSSR count). The van der Waals surface area contributed by atoms with Gasteiger partial charge in [-0.25, -0.2) is 0 Å². The van der Waals surface area contributed by atoms with Gasteiger partial charge in [0.2, 0.25) is 0 Å². The van der Waals surface area contributed by atoms with Gasteiger partial charge in [-0.2, -0.15) is 0 Å². The van der Waals surface area contributed by atoms with Crippen LogP contribution in [0.3, 0.4) is 0 Å². The average molecular weight is 408 g/mol. The van der Waals surface area contributed by atoms with E-state index in [1.165, 1.54) is 5.56 Å². The maximum absolute atomic E-state index is 5.37. The highest BCUT2D eigenvalue weighted by molar-refractivity contribution is 5.76. The van der Waals surface area contributed by atoms with Crippen molar-refractivity contribution in [2.75, 3.05) is 33.3 Å². The fraction of sp³-hybridized carbons (Fsp3) is 0.280. The minimum absolute atomic E-state index is 0.383. The van der Waals surface area contributed by atoms with Crippen molar-refractivity contribution >= 4 is 17.1 Å². The van der Waals surface area contributed by atoms with E-state index in [9.17, 15) is 0 Å². The molecule has 0 aliphatic carbocycles. The van der Waals surface area contributed by atoms with Crippen molar-refractivity contribution in [2.24, 2.45) is 0 Å². The highest BCUT2D eigenvalue weighted by Crippen LogP contribution is 2.36. The quantitative estimate of drug-likeness (QED) is 0.404. The lowest BCUT2D eigenvalue weighted by molar-refractivity contribution is -0.106. The first-order valence-electron chi connectivity index (χ1n) is 9.79. The van der Waals surface area contributed by atoms with Crippen molar-refractivity contribution < 1.29 is 18.9 Å². The molecule has 30 heavy (non-hydrogen) atoms. The maximum Gasteiger partial charge on any atom is 0.183 e. The minimum Gasteiger partial charge on any atom is -0.352 e. The monoisotopic (exact) mass is 407 g/mol. The summed E-state index contributed by atoms with van der Waals surface area (Å²) in [5.74, 6) is 0. The van der Waals surface area contributed by atoms with E-state index in [0.29, 0.717) is 0 Å². The Morgan fingerprint density at radius 3 is 1.10 bits per heavy atom. The Morgan fingerprint density at radius 2 is 0.800 bits per heavy atom. The summed E-state index contributed by atoms with van der Waals surface area (Å²) in [5.41, 5.74) is 6.30. The highest BCUT2D eigenvalue weighted by atomic mass is 16.7. The molecule has 0 spiro atoms. The lowest BCUT2D eigenvalue weighted by atomic mass is 10.1. The van der Waals surface area contributed by atoms with E-state index in [1.807, 2.05) is 24.3 Å². The van der Waals surface area contributed by atoms with Gasteiger partial charge in [-0.05, 0) is 43.3 Å². The number of hydrogen-bond donors (Lipinski definition) is 0. The summed E-state index contributed by atoms with van der Waals surface area (Å²) < 4.78 is 21.5. The van der Waals surface area contributed by atoms with Gasteiger partial charge < -0.3 is 23.8 Å². The van der Waals surface area contributed by atoms with Crippen LogP contribution in [0.25, 0.3) is 0 Å². The summed E-state index contributed by atoms with van der Waals surface area (Å²) in [4.78, 5) is 2.20. The zero-order chi connectivity index (χ0) is 21.5. The molecule has 5 heteroatoms. The summed E-state index contributed by atoms with van der Waals surface area (Å²) in [6, 6.07) is 24.8. The molecule has 5 nitrogen and oxygen atoms in total. The molecule has 158 valence electrons. The molecule has 0 saturated carbocycles. The Balaban J connectivity index is 2.00. The van der Waals surface area contributed by atoms with Crippen LogP contribution < -0.4 is 4.90 Å². The van der Waals surface area contributed by atoms with Gasteiger partial charge in [0, 0.05) is 56.6 Å². The van der Waals surface area contributed by atoms with Gasteiger partial charge in [-0.1, -0.05) is 42.0 Å². The Morgan fingerprint density at radius 1 is 0.500 bits per heavy atom. The van der Waals surface area contributed by atoms with Crippen molar-refractivity contribution in [3.8, 4) is 0 Å². The summed E-state index contributed by atoms with van der Waals surface area (Å²) in [7, 11) is 6.54. The van der Waals surface area contributed by atoms with E-state index < -0.39 is 0 Å². The van der Waals surface area contributed by atoms with Crippen LogP contribution in [0.5, 0.6) is 0 Å². The molecule has 0 saturated heterocycles. The van der Waals surface area contributed by atoms with Crippen LogP contribution >= 0.6 is 0 Å². The number of anilines is 3. The van der Waals surface area contributed by atoms with E-state index in [-0.39, 0.29) is 12.6 Å². The molecule has 0 radical (unpaired) electrons. The molecule has 0 heterocycles. The van der Waals surface area contributed by atoms with Crippen LogP contribution in [0.4, 0.5) is 17.1 Å². The Kier molecular flexibility index (Phi) is 7.60. The van der Waals surface area contributed by atoms with Crippen molar-refractivity contribution in [1.29, 1.82) is 0 Å². The highest BCUT2D eigenvalue weighted by Gasteiger charge is 2.16. The summed E-state index contributed by atoms with van der Waals surface area (Å²) in [6.07, 6.45) is -0.766. The van der Waals surface area contributed by atoms with Crippen molar-refractivity contribution in [2.45, 2.75) is 19.5 Å². The van der Waals surface area contributed by atoms with Gasteiger partial charge >= 0.3 is 0 Å². The lowest BCUT2D eigenvalue weighted by Gasteiger charge is -2.26. The maximum atomic E-state index is 5.37. The molecule has 0 atom stereocenters. The Labute approximate surface area is 178 Å². The van der Waals surface area contributed by atoms with E-state index in [2.05, 4.69) is 60.4 Å². The van der Waals surface area contributed by atoms with E-state index in [0.717, 1.165) is 28.2 Å². The zero-order valence-electron chi connectivity index (χ0n) is 18.2. The zero-order valence-corrected chi connectivity index (χ0v) is 18.2. The molecule has 0 amide bonds. The number of rotatable bonds is 9. The first-order valence-corrected chi connectivity index (χ1v) is 9.79. The third kappa shape index (κ3) is 4.89. The summed E-state index contributed by atoms with van der Waals surface area (Å²) in [5, 5.41) is 0. The van der Waals surface area contributed by atoms with E-state index in [1.54, 1.807) is 28.4 Å². The molecule has 0 N–H and O–H groups in total.